The molecule has 32 heavy (non-hydrogen) atoms. The number of hydrogen-bond acceptors (Lipinski definition) is 5. The van der Waals surface area contributed by atoms with E-state index in [0.717, 1.165) is 5.75 Å². The second-order valence-corrected chi connectivity index (χ2v) is 8.35. The molecule has 2 aromatic carbocycles. The Hall–Kier alpha value is -2.80. The highest BCUT2D eigenvalue weighted by atomic mass is 35.5. The van der Waals surface area contributed by atoms with Crippen LogP contribution in [0.25, 0.3) is 0 Å². The van der Waals surface area contributed by atoms with E-state index >= 15 is 0 Å². The molecule has 0 radical (unpaired) electrons. The van der Waals surface area contributed by atoms with Crippen LogP contribution in [0, 0.1) is 5.92 Å². The maximum absolute atomic E-state index is 12.9. The second-order valence-electron chi connectivity index (χ2n) is 7.53. The maximum atomic E-state index is 12.9. The van der Waals surface area contributed by atoms with Gasteiger partial charge in [-0.05, 0) is 60.5 Å². The SMILES string of the molecule is CC(C)COc1ccc(NC(=O)c2ccc(Cl)c(N(CCO)c3ncccc3Cl)c2)cc1. The lowest BCUT2D eigenvalue weighted by atomic mass is 10.1. The molecule has 0 unspecified atom stereocenters. The van der Waals surface area contributed by atoms with Gasteiger partial charge in [0.25, 0.3) is 5.91 Å². The molecule has 0 bridgehead atoms. The molecule has 3 aromatic rings. The number of hydrogen-bond donors (Lipinski definition) is 2. The Labute approximate surface area is 197 Å². The minimum Gasteiger partial charge on any atom is -0.493 e. The van der Waals surface area contributed by atoms with Crippen LogP contribution in [-0.2, 0) is 0 Å². The minimum absolute atomic E-state index is 0.148. The van der Waals surface area contributed by atoms with Gasteiger partial charge in [-0.2, -0.15) is 0 Å². The molecule has 0 fully saturated rings. The fraction of sp³-hybridized carbons (Fsp3) is 0.250. The largest absolute Gasteiger partial charge is 0.493 e. The first-order valence-electron chi connectivity index (χ1n) is 10.2. The van der Waals surface area contributed by atoms with E-state index in [1.807, 2.05) is 12.1 Å². The molecule has 0 aliphatic heterocycles. The summed E-state index contributed by atoms with van der Waals surface area (Å²) in [6.45, 7) is 4.85. The monoisotopic (exact) mass is 473 g/mol. The first-order chi connectivity index (χ1) is 15.4. The van der Waals surface area contributed by atoms with E-state index in [0.29, 0.717) is 45.3 Å². The molecular weight excluding hydrogens is 449 g/mol. The quantitative estimate of drug-likeness (QED) is 0.410. The molecule has 168 valence electrons. The number of halogens is 2. The van der Waals surface area contributed by atoms with Gasteiger partial charge >= 0.3 is 0 Å². The Kier molecular flexibility index (Phi) is 8.33. The van der Waals surface area contributed by atoms with Gasteiger partial charge in [0.05, 0.1) is 28.9 Å². The van der Waals surface area contributed by atoms with Crippen LogP contribution in [0.4, 0.5) is 17.2 Å². The van der Waals surface area contributed by atoms with Crippen molar-refractivity contribution in [2.45, 2.75) is 13.8 Å². The summed E-state index contributed by atoms with van der Waals surface area (Å²) in [5.74, 6) is 1.33. The lowest BCUT2D eigenvalue weighted by Crippen LogP contribution is -2.23. The van der Waals surface area contributed by atoms with Crippen LogP contribution in [0.5, 0.6) is 5.75 Å². The first-order valence-corrected chi connectivity index (χ1v) is 11.0. The van der Waals surface area contributed by atoms with E-state index in [9.17, 15) is 9.90 Å². The van der Waals surface area contributed by atoms with Crippen molar-refractivity contribution in [3.8, 4) is 5.75 Å². The fourth-order valence-corrected chi connectivity index (χ4v) is 3.42. The summed E-state index contributed by atoms with van der Waals surface area (Å²) >= 11 is 12.7. The third kappa shape index (κ3) is 6.13. The zero-order valence-electron chi connectivity index (χ0n) is 17.9. The van der Waals surface area contributed by atoms with Crippen molar-refractivity contribution in [1.29, 1.82) is 0 Å². The molecule has 1 amide bonds. The molecule has 0 atom stereocenters. The Morgan fingerprint density at radius 3 is 2.53 bits per heavy atom. The molecule has 8 heteroatoms. The van der Waals surface area contributed by atoms with Crippen LogP contribution in [-0.4, -0.2) is 35.8 Å². The number of ether oxygens (including phenoxy) is 1. The molecule has 0 spiro atoms. The van der Waals surface area contributed by atoms with Crippen LogP contribution in [0.2, 0.25) is 10.0 Å². The van der Waals surface area contributed by atoms with Crippen LogP contribution in [0.1, 0.15) is 24.2 Å². The van der Waals surface area contributed by atoms with Gasteiger partial charge in [-0.25, -0.2) is 4.98 Å². The number of amides is 1. The highest BCUT2D eigenvalue weighted by Crippen LogP contribution is 2.35. The van der Waals surface area contributed by atoms with E-state index in [1.54, 1.807) is 53.6 Å². The second kappa shape index (κ2) is 11.2. The van der Waals surface area contributed by atoms with Gasteiger partial charge in [0.1, 0.15) is 5.75 Å². The topological polar surface area (TPSA) is 74.7 Å². The van der Waals surface area contributed by atoms with E-state index in [2.05, 4.69) is 24.1 Å². The molecule has 2 N–H and O–H groups in total. The van der Waals surface area contributed by atoms with Crippen molar-refractivity contribution < 1.29 is 14.6 Å². The number of carbonyl (C=O) groups excluding carboxylic acids is 1. The first kappa shape index (κ1) is 23.9. The molecule has 0 aliphatic carbocycles. The molecule has 3 rings (SSSR count). The lowest BCUT2D eigenvalue weighted by Gasteiger charge is -2.25. The number of rotatable bonds is 9. The van der Waals surface area contributed by atoms with Crippen molar-refractivity contribution >= 4 is 46.3 Å². The molecule has 0 saturated carbocycles. The van der Waals surface area contributed by atoms with Gasteiger partial charge < -0.3 is 20.1 Å². The van der Waals surface area contributed by atoms with Gasteiger partial charge in [-0.15, -0.1) is 0 Å². The van der Waals surface area contributed by atoms with Gasteiger partial charge in [-0.1, -0.05) is 37.0 Å². The van der Waals surface area contributed by atoms with E-state index in [4.69, 9.17) is 27.9 Å². The summed E-state index contributed by atoms with van der Waals surface area (Å²) in [6, 6.07) is 15.6. The van der Waals surface area contributed by atoms with Gasteiger partial charge in [0.2, 0.25) is 0 Å². The molecule has 1 aromatic heterocycles. The summed E-state index contributed by atoms with van der Waals surface area (Å²) in [5, 5.41) is 13.2. The number of carbonyl (C=O) groups is 1. The Morgan fingerprint density at radius 1 is 1.12 bits per heavy atom. The summed E-state index contributed by atoms with van der Waals surface area (Å²) in [6.07, 6.45) is 1.60. The van der Waals surface area contributed by atoms with Crippen LogP contribution < -0.4 is 15.0 Å². The van der Waals surface area contributed by atoms with Crippen LogP contribution in [0.15, 0.2) is 60.8 Å². The van der Waals surface area contributed by atoms with Crippen molar-refractivity contribution in [1.82, 2.24) is 4.98 Å². The Balaban J connectivity index is 1.81. The predicted molar refractivity (Wildman–Crippen MR) is 130 cm³/mol. The third-order valence-corrected chi connectivity index (χ3v) is 5.13. The Bertz CT molecular complexity index is 1060. The number of aromatic nitrogens is 1. The summed E-state index contributed by atoms with van der Waals surface area (Å²) in [4.78, 5) is 18.9. The van der Waals surface area contributed by atoms with Crippen molar-refractivity contribution in [2.24, 2.45) is 5.92 Å². The molecule has 6 nitrogen and oxygen atoms in total. The normalized spacial score (nSPS) is 10.8. The average molecular weight is 474 g/mol. The Morgan fingerprint density at radius 2 is 1.88 bits per heavy atom. The number of pyridine rings is 1. The van der Waals surface area contributed by atoms with Crippen LogP contribution in [0.3, 0.4) is 0 Å². The van der Waals surface area contributed by atoms with Gasteiger partial charge in [0.15, 0.2) is 5.82 Å². The summed E-state index contributed by atoms with van der Waals surface area (Å²) < 4.78 is 5.67. The number of benzene rings is 2. The van der Waals surface area contributed by atoms with Crippen molar-refractivity contribution in [3.05, 3.63) is 76.4 Å². The van der Waals surface area contributed by atoms with Crippen LogP contribution >= 0.6 is 23.2 Å². The molecule has 1 heterocycles. The number of anilines is 3. The summed E-state index contributed by atoms with van der Waals surface area (Å²) in [5.41, 5.74) is 1.56. The maximum Gasteiger partial charge on any atom is 0.255 e. The van der Waals surface area contributed by atoms with E-state index in [1.165, 1.54) is 0 Å². The van der Waals surface area contributed by atoms with Gasteiger partial charge in [-0.3, -0.25) is 4.79 Å². The number of aliphatic hydroxyl groups excluding tert-OH is 1. The fourth-order valence-electron chi connectivity index (χ4n) is 2.98. The minimum atomic E-state index is -0.296. The third-order valence-electron chi connectivity index (χ3n) is 4.51. The predicted octanol–water partition coefficient (Wildman–Crippen LogP) is 5.81. The van der Waals surface area contributed by atoms with E-state index in [-0.39, 0.29) is 19.1 Å². The van der Waals surface area contributed by atoms with Gasteiger partial charge in [0, 0.05) is 24.0 Å². The lowest BCUT2D eigenvalue weighted by molar-refractivity contribution is 0.102. The van der Waals surface area contributed by atoms with E-state index < -0.39 is 0 Å². The highest BCUT2D eigenvalue weighted by Gasteiger charge is 2.18. The zero-order valence-corrected chi connectivity index (χ0v) is 19.4. The average Bonchev–Trinajstić information content (AvgIpc) is 2.78. The summed E-state index contributed by atoms with van der Waals surface area (Å²) in [7, 11) is 0. The number of nitrogens with one attached hydrogen (secondary N) is 1. The molecule has 0 saturated heterocycles. The number of aliphatic hydroxyl groups is 1. The smallest absolute Gasteiger partial charge is 0.255 e. The standard InChI is InChI=1S/C24H25Cl2N3O3/c1-16(2)15-32-19-8-6-18(7-9-19)28-24(31)17-5-10-20(25)22(14-17)29(12-13-30)23-21(26)4-3-11-27-23/h3-11,14,16,30H,12-13,15H2,1-2H3,(H,28,31). The zero-order chi connectivity index (χ0) is 23.1. The number of nitrogens with zero attached hydrogens (tertiary/aromatic N) is 2. The highest BCUT2D eigenvalue weighted by molar-refractivity contribution is 6.35. The molecule has 0 aliphatic rings. The van der Waals surface area contributed by atoms with Crippen molar-refractivity contribution in [3.63, 3.8) is 0 Å². The van der Waals surface area contributed by atoms with Crippen molar-refractivity contribution in [2.75, 3.05) is 30.0 Å². The molecular formula is C24H25Cl2N3O3.